The summed E-state index contributed by atoms with van der Waals surface area (Å²) in [5.74, 6) is 1.70. The lowest BCUT2D eigenvalue weighted by Gasteiger charge is -2.19. The van der Waals surface area contributed by atoms with Crippen molar-refractivity contribution in [3.05, 3.63) is 53.6 Å². The molecule has 0 radical (unpaired) electrons. The molecule has 0 amide bonds. The second-order valence-electron chi connectivity index (χ2n) is 5.63. The molecule has 0 unspecified atom stereocenters. The fourth-order valence-corrected chi connectivity index (χ4v) is 2.42. The molecule has 0 fully saturated rings. The molecule has 0 bridgehead atoms. The van der Waals surface area contributed by atoms with Gasteiger partial charge in [0.25, 0.3) is 0 Å². The summed E-state index contributed by atoms with van der Waals surface area (Å²) in [5.41, 5.74) is 2.02. The molecule has 0 aliphatic carbocycles. The van der Waals surface area contributed by atoms with Crippen LogP contribution in [-0.2, 0) is 13.1 Å². The Balaban J connectivity index is 1.47. The Morgan fingerprint density at radius 2 is 1.52 bits per heavy atom. The summed E-state index contributed by atoms with van der Waals surface area (Å²) in [4.78, 5) is 0. The number of hydrogen-bond acceptors (Lipinski definition) is 4. The van der Waals surface area contributed by atoms with Gasteiger partial charge in [0.05, 0.1) is 0 Å². The van der Waals surface area contributed by atoms with E-state index in [4.69, 9.17) is 9.47 Å². The second-order valence-corrected chi connectivity index (χ2v) is 5.63. The Kier molecular flexibility index (Phi) is 5.33. The molecule has 1 heterocycles. The maximum Gasteiger partial charge on any atom is 0.422 e. The number of halogens is 3. The van der Waals surface area contributed by atoms with E-state index in [2.05, 4.69) is 10.1 Å². The molecule has 1 aliphatic heterocycles. The number of ether oxygens (including phenoxy) is 3. The van der Waals surface area contributed by atoms with Gasteiger partial charge >= 0.3 is 6.18 Å². The average Bonchev–Trinajstić information content (AvgIpc) is 2.60. The Hall–Kier alpha value is -2.41. The van der Waals surface area contributed by atoms with Crippen molar-refractivity contribution < 1.29 is 27.4 Å². The molecule has 4 nitrogen and oxygen atoms in total. The molecule has 25 heavy (non-hydrogen) atoms. The summed E-state index contributed by atoms with van der Waals surface area (Å²) in [6, 6.07) is 12.3. The topological polar surface area (TPSA) is 39.7 Å². The third kappa shape index (κ3) is 5.29. The highest BCUT2D eigenvalue weighted by Gasteiger charge is 2.28. The zero-order valence-electron chi connectivity index (χ0n) is 13.4. The van der Waals surface area contributed by atoms with Gasteiger partial charge in [-0.3, -0.25) is 0 Å². The summed E-state index contributed by atoms with van der Waals surface area (Å²) in [6.07, 6.45) is -4.33. The van der Waals surface area contributed by atoms with Gasteiger partial charge in [0.2, 0.25) is 0 Å². The highest BCUT2D eigenvalue weighted by Crippen LogP contribution is 2.30. The van der Waals surface area contributed by atoms with Crippen molar-refractivity contribution >= 4 is 0 Å². The zero-order valence-corrected chi connectivity index (χ0v) is 13.4. The van der Waals surface area contributed by atoms with E-state index in [9.17, 15) is 13.2 Å². The molecule has 0 spiro atoms. The predicted molar refractivity (Wildman–Crippen MR) is 86.0 cm³/mol. The van der Waals surface area contributed by atoms with E-state index in [0.29, 0.717) is 26.3 Å². The van der Waals surface area contributed by atoms with Gasteiger partial charge in [-0.25, -0.2) is 0 Å². The van der Waals surface area contributed by atoms with Gasteiger partial charge in [-0.1, -0.05) is 18.2 Å². The molecule has 134 valence electrons. The Labute approximate surface area is 143 Å². The highest BCUT2D eigenvalue weighted by atomic mass is 19.4. The van der Waals surface area contributed by atoms with Crippen LogP contribution in [0.4, 0.5) is 13.2 Å². The molecule has 0 aromatic heterocycles. The molecule has 1 N–H and O–H groups in total. The van der Waals surface area contributed by atoms with Crippen LogP contribution >= 0.6 is 0 Å². The van der Waals surface area contributed by atoms with Crippen molar-refractivity contribution in [1.82, 2.24) is 5.32 Å². The van der Waals surface area contributed by atoms with Gasteiger partial charge in [-0.2, -0.15) is 13.2 Å². The molecule has 2 aromatic rings. The van der Waals surface area contributed by atoms with E-state index in [0.717, 1.165) is 22.6 Å². The van der Waals surface area contributed by atoms with Gasteiger partial charge < -0.3 is 19.5 Å². The van der Waals surface area contributed by atoms with Crippen LogP contribution in [0.15, 0.2) is 42.5 Å². The summed E-state index contributed by atoms with van der Waals surface area (Å²) >= 11 is 0. The molecule has 0 saturated carbocycles. The fraction of sp³-hybridized carbons (Fsp3) is 0.333. The van der Waals surface area contributed by atoms with Crippen LogP contribution < -0.4 is 19.5 Å². The monoisotopic (exact) mass is 353 g/mol. The Morgan fingerprint density at radius 3 is 2.24 bits per heavy atom. The fourth-order valence-electron chi connectivity index (χ4n) is 2.42. The first-order chi connectivity index (χ1) is 12.0. The van der Waals surface area contributed by atoms with Crippen molar-refractivity contribution in [2.75, 3.05) is 19.8 Å². The maximum absolute atomic E-state index is 12.1. The summed E-state index contributed by atoms with van der Waals surface area (Å²) in [5, 5.41) is 3.28. The van der Waals surface area contributed by atoms with Crippen LogP contribution in [0.2, 0.25) is 0 Å². The zero-order chi connectivity index (χ0) is 17.7. The smallest absolute Gasteiger partial charge is 0.422 e. The second kappa shape index (κ2) is 7.65. The van der Waals surface area contributed by atoms with Crippen LogP contribution in [0.5, 0.6) is 17.2 Å². The molecule has 3 rings (SSSR count). The lowest BCUT2D eigenvalue weighted by Crippen LogP contribution is -2.19. The quantitative estimate of drug-likeness (QED) is 0.860. The van der Waals surface area contributed by atoms with Crippen LogP contribution in [0.1, 0.15) is 11.1 Å². The van der Waals surface area contributed by atoms with E-state index in [1.807, 2.05) is 18.2 Å². The Morgan fingerprint density at radius 1 is 0.880 bits per heavy atom. The third-order valence-electron chi connectivity index (χ3n) is 3.59. The van der Waals surface area contributed by atoms with Gasteiger partial charge in [0.1, 0.15) is 19.0 Å². The average molecular weight is 353 g/mol. The molecular formula is C18H18F3NO3. The highest BCUT2D eigenvalue weighted by molar-refractivity contribution is 5.43. The number of nitrogens with one attached hydrogen (secondary N) is 1. The van der Waals surface area contributed by atoms with Gasteiger partial charge in [-0.15, -0.1) is 0 Å². The van der Waals surface area contributed by atoms with Crippen molar-refractivity contribution in [2.45, 2.75) is 19.3 Å². The SMILES string of the molecule is FC(F)(F)COc1ccc(CNCc2ccc3c(c2)OCCO3)cc1. The van der Waals surface area contributed by atoms with Gasteiger partial charge in [0, 0.05) is 13.1 Å². The third-order valence-corrected chi connectivity index (χ3v) is 3.59. The predicted octanol–water partition coefficient (Wildman–Crippen LogP) is 3.69. The van der Waals surface area contributed by atoms with Crippen molar-refractivity contribution in [3.63, 3.8) is 0 Å². The molecule has 2 aromatic carbocycles. The van der Waals surface area contributed by atoms with Gasteiger partial charge in [0.15, 0.2) is 18.1 Å². The molecular weight excluding hydrogens is 335 g/mol. The molecule has 0 atom stereocenters. The lowest BCUT2D eigenvalue weighted by atomic mass is 10.1. The maximum atomic E-state index is 12.1. The number of benzene rings is 2. The summed E-state index contributed by atoms with van der Waals surface area (Å²) in [7, 11) is 0. The largest absolute Gasteiger partial charge is 0.486 e. The molecule has 1 aliphatic rings. The van der Waals surface area contributed by atoms with Crippen LogP contribution in [0, 0.1) is 0 Å². The molecule has 7 heteroatoms. The number of alkyl halides is 3. The Bertz CT molecular complexity index is 702. The van der Waals surface area contributed by atoms with Crippen molar-refractivity contribution in [3.8, 4) is 17.2 Å². The van der Waals surface area contributed by atoms with E-state index >= 15 is 0 Å². The number of hydrogen-bond donors (Lipinski definition) is 1. The van der Waals surface area contributed by atoms with E-state index in [-0.39, 0.29) is 5.75 Å². The lowest BCUT2D eigenvalue weighted by molar-refractivity contribution is -0.153. The first-order valence-corrected chi connectivity index (χ1v) is 7.87. The van der Waals surface area contributed by atoms with Crippen molar-refractivity contribution in [2.24, 2.45) is 0 Å². The minimum absolute atomic E-state index is 0.202. The molecule has 0 saturated heterocycles. The van der Waals surface area contributed by atoms with E-state index in [1.54, 1.807) is 12.1 Å². The first-order valence-electron chi connectivity index (χ1n) is 7.87. The van der Waals surface area contributed by atoms with Gasteiger partial charge in [-0.05, 0) is 35.4 Å². The minimum atomic E-state index is -4.33. The normalized spacial score (nSPS) is 13.6. The number of fused-ring (bicyclic) bond motifs is 1. The van der Waals surface area contributed by atoms with Crippen LogP contribution in [0.25, 0.3) is 0 Å². The minimum Gasteiger partial charge on any atom is -0.486 e. The first kappa shape index (κ1) is 17.4. The summed E-state index contributed by atoms with van der Waals surface area (Å²) < 4.78 is 52.0. The van der Waals surface area contributed by atoms with Crippen molar-refractivity contribution in [1.29, 1.82) is 0 Å². The van der Waals surface area contributed by atoms with E-state index in [1.165, 1.54) is 12.1 Å². The number of rotatable bonds is 6. The van der Waals surface area contributed by atoms with Crippen LogP contribution in [-0.4, -0.2) is 26.0 Å². The standard InChI is InChI=1S/C18H18F3NO3/c19-18(20,21)12-25-15-4-1-13(2-5-15)10-22-11-14-3-6-16-17(9-14)24-8-7-23-16/h1-6,9,22H,7-8,10-12H2. The van der Waals surface area contributed by atoms with E-state index < -0.39 is 12.8 Å². The van der Waals surface area contributed by atoms with Crippen LogP contribution in [0.3, 0.4) is 0 Å². The summed E-state index contributed by atoms with van der Waals surface area (Å²) in [6.45, 7) is 1.06.